The molecule has 6 rings (SSSR count). The van der Waals surface area contributed by atoms with E-state index in [0.29, 0.717) is 23.1 Å². The molecule has 3 fully saturated rings. The first kappa shape index (κ1) is 30.6. The fourth-order valence-electron chi connectivity index (χ4n) is 7.10. The van der Waals surface area contributed by atoms with Gasteiger partial charge in [-0.1, -0.05) is 0 Å². The third-order valence-electron chi connectivity index (χ3n) is 9.90. The number of benzene rings is 1. The highest BCUT2D eigenvalue weighted by Crippen LogP contribution is 2.38. The van der Waals surface area contributed by atoms with Crippen molar-refractivity contribution in [2.75, 3.05) is 43.9 Å². The van der Waals surface area contributed by atoms with Crippen LogP contribution in [0, 0.1) is 23.5 Å². The molecule has 3 aromatic rings. The van der Waals surface area contributed by atoms with Gasteiger partial charge < -0.3 is 25.5 Å². The molecule has 2 aliphatic carbocycles. The Hall–Kier alpha value is -3.38. The van der Waals surface area contributed by atoms with Gasteiger partial charge in [0, 0.05) is 50.2 Å². The van der Waals surface area contributed by atoms with Gasteiger partial charge in [-0.25, -0.2) is 18.7 Å². The van der Waals surface area contributed by atoms with Crippen molar-refractivity contribution in [2.45, 2.75) is 82.9 Å². The Morgan fingerprint density at radius 2 is 1.68 bits per heavy atom. The minimum atomic E-state index is -0.708. The molecule has 0 spiro atoms. The molecule has 1 amide bonds. The van der Waals surface area contributed by atoms with E-state index in [4.69, 9.17) is 9.97 Å². The van der Waals surface area contributed by atoms with Gasteiger partial charge in [-0.05, 0) is 90.3 Å². The predicted octanol–water partition coefficient (Wildman–Crippen LogP) is 5.10. The van der Waals surface area contributed by atoms with Crippen molar-refractivity contribution in [2.24, 2.45) is 11.8 Å². The number of piperazine rings is 1. The van der Waals surface area contributed by atoms with E-state index in [-0.39, 0.29) is 35.5 Å². The van der Waals surface area contributed by atoms with E-state index >= 15 is 0 Å². The van der Waals surface area contributed by atoms with E-state index in [1.54, 1.807) is 6.20 Å². The van der Waals surface area contributed by atoms with Crippen LogP contribution in [0.2, 0.25) is 0 Å². The number of amides is 1. The van der Waals surface area contributed by atoms with Gasteiger partial charge in [0.15, 0.2) is 5.65 Å². The Bertz CT molecular complexity index is 1470. The number of halogens is 2. The van der Waals surface area contributed by atoms with Gasteiger partial charge in [0.25, 0.3) is 0 Å². The van der Waals surface area contributed by atoms with Crippen LogP contribution in [-0.4, -0.2) is 85.2 Å². The second kappa shape index (κ2) is 12.5. The Morgan fingerprint density at radius 1 is 0.977 bits per heavy atom. The predicted molar refractivity (Wildman–Crippen MR) is 166 cm³/mol. The van der Waals surface area contributed by atoms with E-state index in [2.05, 4.69) is 27.6 Å². The topological polar surface area (TPSA) is 111 Å². The number of nitrogens with zero attached hydrogens (tertiary/aromatic N) is 6. The molecule has 0 unspecified atom stereocenters. The molecule has 12 heteroatoms. The van der Waals surface area contributed by atoms with E-state index in [9.17, 15) is 18.7 Å². The summed E-state index contributed by atoms with van der Waals surface area (Å²) in [4.78, 5) is 31.7. The van der Waals surface area contributed by atoms with Crippen molar-refractivity contribution < 1.29 is 18.7 Å². The van der Waals surface area contributed by atoms with Crippen LogP contribution in [0.25, 0.3) is 11.2 Å². The minimum Gasteiger partial charge on any atom is -0.390 e. The Labute approximate surface area is 257 Å². The Balaban J connectivity index is 1.23. The third kappa shape index (κ3) is 6.66. The summed E-state index contributed by atoms with van der Waals surface area (Å²) in [5.74, 6) is 0.0563. The smallest absolute Gasteiger partial charge is 0.225 e. The van der Waals surface area contributed by atoms with Gasteiger partial charge in [0.1, 0.15) is 17.2 Å². The van der Waals surface area contributed by atoms with Gasteiger partial charge in [-0.3, -0.25) is 9.36 Å². The molecule has 2 saturated carbocycles. The number of carbonyl (C=O) groups excluding carboxylic acids is 1. The zero-order valence-corrected chi connectivity index (χ0v) is 25.9. The summed E-state index contributed by atoms with van der Waals surface area (Å²) >= 11 is 0. The van der Waals surface area contributed by atoms with Crippen LogP contribution in [0.4, 0.5) is 26.4 Å². The summed E-state index contributed by atoms with van der Waals surface area (Å²) in [5, 5.41) is 17.0. The summed E-state index contributed by atoms with van der Waals surface area (Å²) in [6.07, 6.45) is 8.37. The maximum atomic E-state index is 14.7. The standard InChI is InChI=1S/C32H44F2N8O2/c1-32(2,44)21-6-9-23(10-7-21)36-30-35-19-27-28(39-30)42(31(38-27)37-26-13-8-22(33)18-25(26)34)24-11-4-20(5-12-24)29(43)41-16-14-40(3)15-17-41/h8,13,18-21,23-24,44H,4-7,9-12,14-17H2,1-3H3,(H,37,38)(H,35,36,39). The van der Waals surface area contributed by atoms with Gasteiger partial charge in [-0.2, -0.15) is 4.98 Å². The molecule has 3 heterocycles. The van der Waals surface area contributed by atoms with Crippen LogP contribution in [0.1, 0.15) is 71.3 Å². The number of anilines is 3. The van der Waals surface area contributed by atoms with Crippen LogP contribution in [-0.2, 0) is 4.79 Å². The van der Waals surface area contributed by atoms with Crippen molar-refractivity contribution in [3.63, 3.8) is 0 Å². The molecule has 0 atom stereocenters. The van der Waals surface area contributed by atoms with Gasteiger partial charge in [-0.15, -0.1) is 0 Å². The van der Waals surface area contributed by atoms with Crippen LogP contribution in [0.5, 0.6) is 0 Å². The SMILES string of the molecule is CN1CCN(C(=O)C2CCC(n3c(Nc4ccc(F)cc4F)nc4cnc(NC5CCC(C(C)(C)O)CC5)nc43)CC2)CC1. The summed E-state index contributed by atoms with van der Waals surface area (Å²) in [6, 6.07) is 3.61. The van der Waals surface area contributed by atoms with Gasteiger partial charge >= 0.3 is 0 Å². The molecule has 0 bridgehead atoms. The zero-order chi connectivity index (χ0) is 31.0. The molecule has 1 aromatic carbocycles. The number of fused-ring (bicyclic) bond motifs is 1. The molecule has 3 aliphatic rings. The highest BCUT2D eigenvalue weighted by molar-refractivity contribution is 5.79. The second-order valence-electron chi connectivity index (χ2n) is 13.4. The lowest BCUT2D eigenvalue weighted by molar-refractivity contribution is -0.138. The zero-order valence-electron chi connectivity index (χ0n) is 25.9. The Morgan fingerprint density at radius 3 is 2.34 bits per heavy atom. The van der Waals surface area contributed by atoms with E-state index in [0.717, 1.165) is 83.6 Å². The molecule has 0 radical (unpaired) electrons. The Kier molecular flexibility index (Phi) is 8.74. The summed E-state index contributed by atoms with van der Waals surface area (Å²) < 4.78 is 30.3. The van der Waals surface area contributed by atoms with Gasteiger partial charge in [0.05, 0.1) is 17.5 Å². The maximum Gasteiger partial charge on any atom is 0.225 e. The first-order valence-electron chi connectivity index (χ1n) is 16.0. The largest absolute Gasteiger partial charge is 0.390 e. The molecule has 3 N–H and O–H groups in total. The number of aliphatic hydroxyl groups is 1. The molecular weight excluding hydrogens is 566 g/mol. The number of carbonyl (C=O) groups is 1. The number of likely N-dealkylation sites (N-methyl/N-ethyl adjacent to an activating group) is 1. The van der Waals surface area contributed by atoms with E-state index in [1.165, 1.54) is 12.1 Å². The van der Waals surface area contributed by atoms with Gasteiger partial charge in [0.2, 0.25) is 17.8 Å². The molecule has 44 heavy (non-hydrogen) atoms. The number of hydrogen-bond donors (Lipinski definition) is 3. The fourth-order valence-corrected chi connectivity index (χ4v) is 7.10. The van der Waals surface area contributed by atoms with Crippen molar-refractivity contribution in [1.82, 2.24) is 29.3 Å². The van der Waals surface area contributed by atoms with Crippen molar-refractivity contribution in [3.8, 4) is 0 Å². The third-order valence-corrected chi connectivity index (χ3v) is 9.90. The quantitative estimate of drug-likeness (QED) is 0.339. The average molecular weight is 611 g/mol. The molecule has 1 aliphatic heterocycles. The van der Waals surface area contributed by atoms with E-state index < -0.39 is 17.2 Å². The van der Waals surface area contributed by atoms with Crippen LogP contribution in [0.15, 0.2) is 24.4 Å². The molecule has 2 aromatic heterocycles. The first-order chi connectivity index (χ1) is 21.0. The number of nitrogens with one attached hydrogen (secondary N) is 2. The lowest BCUT2D eigenvalue weighted by Crippen LogP contribution is -2.49. The summed E-state index contributed by atoms with van der Waals surface area (Å²) in [7, 11) is 2.08. The number of imidazole rings is 1. The van der Waals surface area contributed by atoms with Crippen LogP contribution < -0.4 is 10.6 Å². The van der Waals surface area contributed by atoms with Crippen LogP contribution >= 0.6 is 0 Å². The highest BCUT2D eigenvalue weighted by atomic mass is 19.1. The number of aromatic nitrogens is 4. The normalized spacial score (nSPS) is 25.3. The minimum absolute atomic E-state index is 0.00692. The average Bonchev–Trinajstić information content (AvgIpc) is 3.35. The second-order valence-corrected chi connectivity index (χ2v) is 13.4. The first-order valence-corrected chi connectivity index (χ1v) is 16.0. The van der Waals surface area contributed by atoms with Crippen molar-refractivity contribution in [1.29, 1.82) is 0 Å². The van der Waals surface area contributed by atoms with Crippen LogP contribution in [0.3, 0.4) is 0 Å². The molecule has 1 saturated heterocycles. The number of rotatable bonds is 7. The monoisotopic (exact) mass is 610 g/mol. The summed E-state index contributed by atoms with van der Waals surface area (Å²) in [6.45, 7) is 7.09. The lowest BCUT2D eigenvalue weighted by atomic mass is 9.77. The molecule has 10 nitrogen and oxygen atoms in total. The van der Waals surface area contributed by atoms with E-state index in [1.807, 2.05) is 23.3 Å². The maximum absolute atomic E-state index is 14.7. The van der Waals surface area contributed by atoms with Crippen molar-refractivity contribution >= 4 is 34.7 Å². The number of hydrogen-bond acceptors (Lipinski definition) is 8. The van der Waals surface area contributed by atoms with Crippen molar-refractivity contribution in [3.05, 3.63) is 36.0 Å². The molecule has 238 valence electrons. The fraction of sp³-hybridized carbons (Fsp3) is 0.625. The summed E-state index contributed by atoms with van der Waals surface area (Å²) in [5.41, 5.74) is 0.638. The highest BCUT2D eigenvalue weighted by Gasteiger charge is 2.34. The molecular formula is C32H44F2N8O2. The lowest BCUT2D eigenvalue weighted by Gasteiger charge is -2.37.